The van der Waals surface area contributed by atoms with Gasteiger partial charge in [-0.1, -0.05) is 60.7 Å². The molecule has 45 heavy (non-hydrogen) atoms. The lowest BCUT2D eigenvalue weighted by molar-refractivity contribution is -0.384. The number of urea groups is 1. The van der Waals surface area contributed by atoms with Crippen LogP contribution in [-0.2, 0) is 9.59 Å². The number of nitrogens with zero attached hydrogens (tertiary/aromatic N) is 3. The third-order valence-electron chi connectivity index (χ3n) is 7.27. The Kier molecular flexibility index (Phi) is 7.77. The molecular weight excluding hydrogens is 572 g/mol. The Bertz CT molecular complexity index is 1950. The van der Waals surface area contributed by atoms with Crippen LogP contribution < -0.4 is 15.0 Å². The van der Waals surface area contributed by atoms with Gasteiger partial charge in [-0.05, 0) is 66.6 Å². The molecule has 1 aliphatic heterocycles. The van der Waals surface area contributed by atoms with E-state index in [2.05, 4.69) is 5.32 Å². The predicted octanol–water partition coefficient (Wildman–Crippen LogP) is 6.78. The number of hydrogen-bond donors (Lipinski definition) is 1. The predicted molar refractivity (Wildman–Crippen MR) is 170 cm³/mol. The minimum Gasteiger partial charge on any atom is -0.494 e. The molecule has 4 amide bonds. The molecule has 4 aromatic carbocycles. The lowest BCUT2D eigenvalue weighted by Crippen LogP contribution is -2.54. The van der Waals surface area contributed by atoms with E-state index in [0.717, 1.165) is 21.7 Å². The summed E-state index contributed by atoms with van der Waals surface area (Å²) in [5.41, 5.74) is 4.11. The van der Waals surface area contributed by atoms with Crippen LogP contribution in [0.25, 0.3) is 34.3 Å². The van der Waals surface area contributed by atoms with E-state index in [9.17, 15) is 24.5 Å². The number of carbonyl (C=O) groups is 3. The Morgan fingerprint density at radius 3 is 2.00 bits per heavy atom. The van der Waals surface area contributed by atoms with Gasteiger partial charge in [-0.3, -0.25) is 25.0 Å². The largest absolute Gasteiger partial charge is 0.494 e. The van der Waals surface area contributed by atoms with Crippen LogP contribution in [0.4, 0.5) is 16.2 Å². The molecule has 1 aromatic heterocycles. The fourth-order valence-corrected chi connectivity index (χ4v) is 5.25. The Morgan fingerprint density at radius 1 is 0.800 bits per heavy atom. The Balaban J connectivity index is 1.55. The lowest BCUT2D eigenvalue weighted by Gasteiger charge is -2.26. The summed E-state index contributed by atoms with van der Waals surface area (Å²) in [6.07, 6.45) is 1.47. The van der Waals surface area contributed by atoms with Gasteiger partial charge in [0.2, 0.25) is 0 Å². The summed E-state index contributed by atoms with van der Waals surface area (Å²) < 4.78 is 7.41. The summed E-state index contributed by atoms with van der Waals surface area (Å²) in [6, 6.07) is 32.5. The van der Waals surface area contributed by atoms with E-state index >= 15 is 0 Å². The number of barbiturate groups is 1. The highest BCUT2D eigenvalue weighted by Crippen LogP contribution is 2.38. The molecule has 1 aliphatic rings. The fraction of sp³-hybridized carbons (Fsp3) is 0.0571. The molecule has 0 atom stereocenters. The summed E-state index contributed by atoms with van der Waals surface area (Å²) in [5, 5.41) is 13.7. The second kappa shape index (κ2) is 12.1. The van der Waals surface area contributed by atoms with Crippen molar-refractivity contribution in [2.24, 2.45) is 0 Å². The molecule has 6 rings (SSSR count). The van der Waals surface area contributed by atoms with Gasteiger partial charge in [0, 0.05) is 23.4 Å². The number of benzene rings is 4. The second-order valence-electron chi connectivity index (χ2n) is 10.1. The maximum absolute atomic E-state index is 13.8. The summed E-state index contributed by atoms with van der Waals surface area (Å²) in [4.78, 5) is 51.7. The van der Waals surface area contributed by atoms with E-state index in [1.54, 1.807) is 36.4 Å². The first-order chi connectivity index (χ1) is 21.9. The van der Waals surface area contributed by atoms with Crippen LogP contribution in [-0.4, -0.2) is 33.9 Å². The smallest absolute Gasteiger partial charge is 0.335 e. The Morgan fingerprint density at radius 2 is 1.40 bits per heavy atom. The monoisotopic (exact) mass is 598 g/mol. The molecule has 10 heteroatoms. The minimum absolute atomic E-state index is 0.0562. The van der Waals surface area contributed by atoms with Gasteiger partial charge < -0.3 is 9.30 Å². The van der Waals surface area contributed by atoms with Crippen molar-refractivity contribution in [3.63, 3.8) is 0 Å². The van der Waals surface area contributed by atoms with E-state index in [-0.39, 0.29) is 16.9 Å². The molecule has 5 aromatic rings. The number of rotatable bonds is 8. The molecule has 1 N–H and O–H groups in total. The van der Waals surface area contributed by atoms with E-state index in [0.29, 0.717) is 29.3 Å². The maximum atomic E-state index is 13.8. The Hall–Kier alpha value is -6.29. The van der Waals surface area contributed by atoms with Crippen molar-refractivity contribution in [2.75, 3.05) is 11.5 Å². The molecule has 222 valence electrons. The Labute approximate surface area is 257 Å². The number of imide groups is 2. The fourth-order valence-electron chi connectivity index (χ4n) is 5.25. The summed E-state index contributed by atoms with van der Waals surface area (Å²) in [6.45, 7) is 2.30. The minimum atomic E-state index is -0.858. The van der Waals surface area contributed by atoms with E-state index < -0.39 is 22.8 Å². The number of hydrogen-bond acceptors (Lipinski definition) is 6. The average molecular weight is 599 g/mol. The highest BCUT2D eigenvalue weighted by atomic mass is 16.6. The number of nitro groups is 1. The number of amides is 4. The number of aromatic nitrogens is 1. The summed E-state index contributed by atoms with van der Waals surface area (Å²) in [7, 11) is 0. The van der Waals surface area contributed by atoms with Crippen molar-refractivity contribution < 1.29 is 24.0 Å². The molecule has 0 unspecified atom stereocenters. The first-order valence-corrected chi connectivity index (χ1v) is 14.1. The topological polar surface area (TPSA) is 124 Å². The van der Waals surface area contributed by atoms with Gasteiger partial charge in [-0.15, -0.1) is 0 Å². The van der Waals surface area contributed by atoms with Gasteiger partial charge >= 0.3 is 6.03 Å². The van der Waals surface area contributed by atoms with Crippen LogP contribution >= 0.6 is 0 Å². The van der Waals surface area contributed by atoms with Gasteiger partial charge in [0.1, 0.15) is 11.3 Å². The molecule has 0 spiro atoms. The van der Waals surface area contributed by atoms with Crippen LogP contribution in [0.2, 0.25) is 0 Å². The van der Waals surface area contributed by atoms with E-state index in [4.69, 9.17) is 4.74 Å². The van der Waals surface area contributed by atoms with Gasteiger partial charge in [0.25, 0.3) is 17.5 Å². The SMILES string of the molecule is CCOc1ccc(N2C(=O)NC(=O)/C(=C/c3cc(-c4ccccc4)n(-c4ccc([N+](=O)[O-])cc4)c3-c3ccccc3)C2=O)cc1. The van der Waals surface area contributed by atoms with Crippen molar-refractivity contribution in [3.8, 4) is 34.0 Å². The second-order valence-corrected chi connectivity index (χ2v) is 10.1. The van der Waals surface area contributed by atoms with E-state index in [1.165, 1.54) is 18.2 Å². The molecular formula is C35H26N4O6. The third kappa shape index (κ3) is 5.59. The average Bonchev–Trinajstić information content (AvgIpc) is 3.44. The number of nitrogens with one attached hydrogen (secondary N) is 1. The van der Waals surface area contributed by atoms with Crippen LogP contribution in [0.3, 0.4) is 0 Å². The lowest BCUT2D eigenvalue weighted by atomic mass is 10.0. The molecule has 0 saturated carbocycles. The van der Waals surface area contributed by atoms with Gasteiger partial charge in [-0.2, -0.15) is 0 Å². The number of anilines is 1. The number of nitro benzene ring substituents is 1. The first-order valence-electron chi connectivity index (χ1n) is 14.1. The summed E-state index contributed by atoms with van der Waals surface area (Å²) in [5.74, 6) is -1.03. The van der Waals surface area contributed by atoms with Gasteiger partial charge in [-0.25, -0.2) is 9.69 Å². The number of carbonyl (C=O) groups excluding carboxylic acids is 3. The molecule has 0 bridgehead atoms. The van der Waals surface area contributed by atoms with Crippen molar-refractivity contribution >= 4 is 35.3 Å². The zero-order valence-corrected chi connectivity index (χ0v) is 24.0. The van der Waals surface area contributed by atoms with Crippen molar-refractivity contribution in [2.45, 2.75) is 6.92 Å². The van der Waals surface area contributed by atoms with Crippen LogP contribution in [0.5, 0.6) is 5.75 Å². The number of non-ortho nitro benzene ring substituents is 1. The van der Waals surface area contributed by atoms with Crippen LogP contribution in [0, 0.1) is 10.1 Å². The molecule has 10 nitrogen and oxygen atoms in total. The standard InChI is InChI=1S/C35H26N4O6/c1-2-45-29-19-17-27(18-20-29)38-34(41)30(33(40)36-35(38)42)21-25-22-31(23-9-5-3-6-10-23)37(32(25)24-11-7-4-8-12-24)26-13-15-28(16-14-26)39(43)44/h3-22H,2H2,1H3,(H,36,40,42)/b30-21-. The normalized spacial score (nSPS) is 14.0. The van der Waals surface area contributed by atoms with Crippen molar-refractivity contribution in [1.82, 2.24) is 9.88 Å². The highest BCUT2D eigenvalue weighted by Gasteiger charge is 2.37. The molecule has 0 aliphatic carbocycles. The van der Waals surface area contributed by atoms with Crippen molar-refractivity contribution in [1.29, 1.82) is 0 Å². The summed E-state index contributed by atoms with van der Waals surface area (Å²) >= 11 is 0. The van der Waals surface area contributed by atoms with Crippen LogP contribution in [0.1, 0.15) is 12.5 Å². The molecule has 1 fully saturated rings. The zero-order valence-electron chi connectivity index (χ0n) is 24.0. The van der Waals surface area contributed by atoms with Gasteiger partial charge in [0.05, 0.1) is 28.6 Å². The van der Waals surface area contributed by atoms with Crippen LogP contribution in [0.15, 0.2) is 121 Å². The first kappa shape index (κ1) is 28.8. The number of ether oxygens (including phenoxy) is 1. The van der Waals surface area contributed by atoms with Gasteiger partial charge in [0.15, 0.2) is 0 Å². The third-order valence-corrected chi connectivity index (χ3v) is 7.27. The van der Waals surface area contributed by atoms with Crippen molar-refractivity contribution in [3.05, 3.63) is 137 Å². The van der Waals surface area contributed by atoms with E-state index in [1.807, 2.05) is 78.2 Å². The zero-order chi connectivity index (χ0) is 31.5. The maximum Gasteiger partial charge on any atom is 0.335 e. The molecule has 0 radical (unpaired) electrons. The molecule has 1 saturated heterocycles. The highest BCUT2D eigenvalue weighted by molar-refractivity contribution is 6.39. The quantitative estimate of drug-likeness (QED) is 0.0908. The molecule has 2 heterocycles.